The molecule has 0 saturated carbocycles. The molecule has 1 atom stereocenters. The fourth-order valence-electron chi connectivity index (χ4n) is 2.03. The van der Waals surface area contributed by atoms with Crippen LogP contribution in [0.25, 0.3) is 0 Å². The largest absolute Gasteiger partial charge is 0.307 e. The first-order chi connectivity index (χ1) is 7.40. The zero-order chi connectivity index (χ0) is 10.5. The second-order valence-corrected chi connectivity index (χ2v) is 4.12. The molecular formula is C12H19N3. The van der Waals surface area contributed by atoms with Gasteiger partial charge in [-0.3, -0.25) is 0 Å². The number of hydrogen-bond donors (Lipinski definition) is 1. The second kappa shape index (κ2) is 5.21. The number of aromatic nitrogens is 2. The van der Waals surface area contributed by atoms with Crippen LogP contribution >= 0.6 is 0 Å². The Balaban J connectivity index is 2.12. The van der Waals surface area contributed by atoms with Gasteiger partial charge in [0.05, 0.1) is 6.04 Å². The predicted molar refractivity (Wildman–Crippen MR) is 60.6 cm³/mol. The number of nitrogens with zero attached hydrogens (tertiary/aromatic N) is 2. The van der Waals surface area contributed by atoms with E-state index in [-0.39, 0.29) is 0 Å². The summed E-state index contributed by atoms with van der Waals surface area (Å²) < 4.78 is 0. The molecule has 1 aromatic rings. The van der Waals surface area contributed by atoms with E-state index >= 15 is 0 Å². The van der Waals surface area contributed by atoms with Crippen LogP contribution in [0.2, 0.25) is 0 Å². The average molecular weight is 205 g/mol. The Kier molecular flexibility index (Phi) is 3.67. The molecule has 0 aromatic carbocycles. The molecule has 1 saturated heterocycles. The van der Waals surface area contributed by atoms with E-state index in [0.29, 0.717) is 6.04 Å². The number of hydrogen-bond acceptors (Lipinski definition) is 3. The van der Waals surface area contributed by atoms with Gasteiger partial charge in [0.1, 0.15) is 5.82 Å². The zero-order valence-corrected chi connectivity index (χ0v) is 9.37. The van der Waals surface area contributed by atoms with Crippen LogP contribution < -0.4 is 5.32 Å². The molecule has 1 aliphatic rings. The molecule has 0 spiro atoms. The number of nitrogens with one attached hydrogen (secondary N) is 1. The first kappa shape index (κ1) is 10.6. The molecule has 1 fully saturated rings. The van der Waals surface area contributed by atoms with Gasteiger partial charge >= 0.3 is 0 Å². The molecule has 1 aromatic heterocycles. The summed E-state index contributed by atoms with van der Waals surface area (Å²) in [7, 11) is 0. The highest BCUT2D eigenvalue weighted by molar-refractivity contribution is 5.05. The zero-order valence-electron chi connectivity index (χ0n) is 9.37. The van der Waals surface area contributed by atoms with Crippen LogP contribution in [0.15, 0.2) is 12.3 Å². The SMILES string of the molecule is CCc1ccnc(C2CCCCCN2)n1. The highest BCUT2D eigenvalue weighted by atomic mass is 15.0. The molecule has 0 amide bonds. The van der Waals surface area contributed by atoms with Crippen LogP contribution in [0.1, 0.15) is 50.2 Å². The predicted octanol–water partition coefficient (Wildman–Crippen LogP) is 2.24. The summed E-state index contributed by atoms with van der Waals surface area (Å²) in [5.74, 6) is 0.983. The number of rotatable bonds is 2. The van der Waals surface area contributed by atoms with Crippen LogP contribution in [0.3, 0.4) is 0 Å². The maximum Gasteiger partial charge on any atom is 0.145 e. The molecule has 2 heterocycles. The molecule has 3 heteroatoms. The van der Waals surface area contributed by atoms with E-state index < -0.39 is 0 Å². The monoisotopic (exact) mass is 205 g/mol. The van der Waals surface area contributed by atoms with Crippen LogP contribution in [0.4, 0.5) is 0 Å². The fraction of sp³-hybridized carbons (Fsp3) is 0.667. The van der Waals surface area contributed by atoms with Crippen molar-refractivity contribution in [2.75, 3.05) is 6.54 Å². The third-order valence-electron chi connectivity index (χ3n) is 2.97. The van der Waals surface area contributed by atoms with Gasteiger partial charge in [0.25, 0.3) is 0 Å². The summed E-state index contributed by atoms with van der Waals surface area (Å²) in [6.07, 6.45) is 7.95. The van der Waals surface area contributed by atoms with Gasteiger partial charge in [0.15, 0.2) is 0 Å². The molecule has 15 heavy (non-hydrogen) atoms. The molecule has 1 N–H and O–H groups in total. The van der Waals surface area contributed by atoms with Crippen molar-refractivity contribution in [3.05, 3.63) is 23.8 Å². The minimum Gasteiger partial charge on any atom is -0.307 e. The van der Waals surface area contributed by atoms with E-state index in [9.17, 15) is 0 Å². The quantitative estimate of drug-likeness (QED) is 0.804. The van der Waals surface area contributed by atoms with Crippen molar-refractivity contribution < 1.29 is 0 Å². The van der Waals surface area contributed by atoms with Crippen molar-refractivity contribution in [3.8, 4) is 0 Å². The van der Waals surface area contributed by atoms with E-state index in [1.807, 2.05) is 12.3 Å². The maximum absolute atomic E-state index is 4.58. The lowest BCUT2D eigenvalue weighted by molar-refractivity contribution is 0.505. The molecule has 1 aliphatic heterocycles. The van der Waals surface area contributed by atoms with E-state index in [4.69, 9.17) is 0 Å². The standard InChI is InChI=1S/C12H19N3/c1-2-10-7-9-14-12(15-10)11-6-4-3-5-8-13-11/h7,9,11,13H,2-6,8H2,1H3. The van der Waals surface area contributed by atoms with Crippen molar-refractivity contribution in [2.24, 2.45) is 0 Å². The molecular weight excluding hydrogens is 186 g/mol. The van der Waals surface area contributed by atoms with Gasteiger partial charge in [0.2, 0.25) is 0 Å². The molecule has 0 bridgehead atoms. The highest BCUT2D eigenvalue weighted by Crippen LogP contribution is 2.19. The van der Waals surface area contributed by atoms with Crippen LogP contribution in [0.5, 0.6) is 0 Å². The smallest absolute Gasteiger partial charge is 0.145 e. The van der Waals surface area contributed by atoms with Crippen LogP contribution in [-0.4, -0.2) is 16.5 Å². The second-order valence-electron chi connectivity index (χ2n) is 4.12. The Hall–Kier alpha value is -0.960. The van der Waals surface area contributed by atoms with Crippen LogP contribution in [-0.2, 0) is 6.42 Å². The van der Waals surface area contributed by atoms with Gasteiger partial charge in [-0.1, -0.05) is 19.8 Å². The Morgan fingerprint density at radius 2 is 2.33 bits per heavy atom. The van der Waals surface area contributed by atoms with Crippen molar-refractivity contribution in [1.82, 2.24) is 15.3 Å². The Morgan fingerprint density at radius 3 is 3.20 bits per heavy atom. The molecule has 0 radical (unpaired) electrons. The summed E-state index contributed by atoms with van der Waals surface area (Å²) in [6.45, 7) is 3.23. The Labute approximate surface area is 91.3 Å². The summed E-state index contributed by atoms with van der Waals surface area (Å²) in [5, 5.41) is 3.52. The Bertz CT molecular complexity index is 303. The Morgan fingerprint density at radius 1 is 1.40 bits per heavy atom. The average Bonchev–Trinajstić information content (AvgIpc) is 2.58. The van der Waals surface area contributed by atoms with Gasteiger partial charge < -0.3 is 5.32 Å². The third kappa shape index (κ3) is 2.75. The summed E-state index contributed by atoms with van der Waals surface area (Å²) in [5.41, 5.74) is 1.14. The van der Waals surface area contributed by atoms with E-state index in [1.165, 1.54) is 25.7 Å². The summed E-state index contributed by atoms with van der Waals surface area (Å²) >= 11 is 0. The maximum atomic E-state index is 4.58. The lowest BCUT2D eigenvalue weighted by atomic mass is 10.1. The summed E-state index contributed by atoms with van der Waals surface area (Å²) in [6, 6.07) is 2.37. The lowest BCUT2D eigenvalue weighted by Gasteiger charge is -2.14. The van der Waals surface area contributed by atoms with Crippen molar-refractivity contribution >= 4 is 0 Å². The topological polar surface area (TPSA) is 37.8 Å². The van der Waals surface area contributed by atoms with Gasteiger partial charge in [-0.25, -0.2) is 9.97 Å². The van der Waals surface area contributed by atoms with Gasteiger partial charge in [-0.15, -0.1) is 0 Å². The van der Waals surface area contributed by atoms with Crippen molar-refractivity contribution in [1.29, 1.82) is 0 Å². The molecule has 2 rings (SSSR count). The third-order valence-corrected chi connectivity index (χ3v) is 2.97. The van der Waals surface area contributed by atoms with E-state index in [2.05, 4.69) is 22.2 Å². The van der Waals surface area contributed by atoms with Crippen molar-refractivity contribution in [3.63, 3.8) is 0 Å². The van der Waals surface area contributed by atoms with E-state index in [0.717, 1.165) is 24.5 Å². The minimum absolute atomic E-state index is 0.374. The van der Waals surface area contributed by atoms with Gasteiger partial charge in [0, 0.05) is 11.9 Å². The molecule has 1 unspecified atom stereocenters. The lowest BCUT2D eigenvalue weighted by Crippen LogP contribution is -2.22. The van der Waals surface area contributed by atoms with Crippen LogP contribution in [0, 0.1) is 0 Å². The van der Waals surface area contributed by atoms with E-state index in [1.54, 1.807) is 0 Å². The first-order valence-corrected chi connectivity index (χ1v) is 5.95. The first-order valence-electron chi connectivity index (χ1n) is 5.95. The van der Waals surface area contributed by atoms with Gasteiger partial charge in [-0.05, 0) is 31.9 Å². The molecule has 0 aliphatic carbocycles. The minimum atomic E-state index is 0.374. The normalized spacial score (nSPS) is 22.3. The highest BCUT2D eigenvalue weighted by Gasteiger charge is 2.15. The van der Waals surface area contributed by atoms with Crippen molar-refractivity contribution in [2.45, 2.75) is 45.1 Å². The molecule has 82 valence electrons. The fourth-order valence-corrected chi connectivity index (χ4v) is 2.03. The molecule has 3 nitrogen and oxygen atoms in total. The van der Waals surface area contributed by atoms with Gasteiger partial charge in [-0.2, -0.15) is 0 Å². The number of aryl methyl sites for hydroxylation is 1. The summed E-state index contributed by atoms with van der Waals surface area (Å²) in [4.78, 5) is 8.96.